The van der Waals surface area contributed by atoms with Crippen LogP contribution in [-0.2, 0) is 5.41 Å². The number of hydrogen-bond acceptors (Lipinski definition) is 5. The second-order valence-corrected chi connectivity index (χ2v) is 14.7. The summed E-state index contributed by atoms with van der Waals surface area (Å²) in [4.78, 5) is 20.2. The van der Waals surface area contributed by atoms with Gasteiger partial charge in [0.1, 0.15) is 11.5 Å². The minimum Gasteiger partial charge on any atom is -0.457 e. The molecule has 5 heteroatoms. The lowest BCUT2D eigenvalue weighted by molar-refractivity contribution is 0.436. The van der Waals surface area contributed by atoms with Gasteiger partial charge in [0.05, 0.1) is 11.1 Å². The number of hydrogen-bond donors (Lipinski definition) is 0. The molecule has 57 heavy (non-hydrogen) atoms. The van der Waals surface area contributed by atoms with Gasteiger partial charge in [0, 0.05) is 39.1 Å². The van der Waals surface area contributed by atoms with Gasteiger partial charge in [-0.1, -0.05) is 152 Å². The van der Waals surface area contributed by atoms with Gasteiger partial charge in [0.25, 0.3) is 0 Å². The first-order chi connectivity index (χ1) is 28.1. The maximum absolute atomic E-state index is 6.80. The van der Waals surface area contributed by atoms with Crippen molar-refractivity contribution in [1.82, 2.24) is 19.9 Å². The van der Waals surface area contributed by atoms with Crippen molar-refractivity contribution in [3.8, 4) is 79.2 Å². The standard InChI is InChI=1S/C52H34N4O/c1-33-29-39(32-46(53-33)34-15-5-2-6-16-34)37-26-28-48-45(30-37)52(43-23-13-14-24-47(43)57-48)42-22-12-11-21-40(42)41-27-25-38(31-44(41)52)51-55-49(35-17-7-3-8-18-35)54-50(56-51)36-19-9-4-10-20-36/h2-32H,1H3. The molecule has 0 saturated carbocycles. The third-order valence-corrected chi connectivity index (χ3v) is 11.3. The van der Waals surface area contributed by atoms with E-state index in [1.165, 1.54) is 16.7 Å². The molecule has 1 unspecified atom stereocenters. The molecule has 268 valence electrons. The largest absolute Gasteiger partial charge is 0.457 e. The van der Waals surface area contributed by atoms with Crippen molar-refractivity contribution in [2.45, 2.75) is 12.3 Å². The average Bonchev–Trinajstić information content (AvgIpc) is 3.57. The van der Waals surface area contributed by atoms with Crippen molar-refractivity contribution < 1.29 is 4.74 Å². The predicted molar refractivity (Wildman–Crippen MR) is 227 cm³/mol. The van der Waals surface area contributed by atoms with Crippen molar-refractivity contribution in [3.63, 3.8) is 0 Å². The summed E-state index contributed by atoms with van der Waals surface area (Å²) in [5.74, 6) is 3.55. The smallest absolute Gasteiger partial charge is 0.164 e. The van der Waals surface area contributed by atoms with Crippen molar-refractivity contribution in [2.75, 3.05) is 0 Å². The molecule has 0 radical (unpaired) electrons. The quantitative estimate of drug-likeness (QED) is 0.176. The molecule has 1 aliphatic carbocycles. The molecule has 2 aliphatic rings. The maximum Gasteiger partial charge on any atom is 0.164 e. The number of aryl methyl sites for hydroxylation is 1. The van der Waals surface area contributed by atoms with Gasteiger partial charge in [0.15, 0.2) is 17.5 Å². The highest BCUT2D eigenvalue weighted by molar-refractivity contribution is 5.91. The molecule has 3 heterocycles. The van der Waals surface area contributed by atoms with Gasteiger partial charge < -0.3 is 4.74 Å². The SMILES string of the molecule is Cc1cc(-c2ccc3c(c2)C2(c4ccccc4O3)c3ccccc3-c3ccc(-c4nc(-c5ccccc5)nc(-c5ccccc5)n4)cc32)cc(-c2ccccc2)n1. The number of aromatic nitrogens is 4. The molecule has 2 aromatic heterocycles. The Hall–Kier alpha value is -7.50. The van der Waals surface area contributed by atoms with Crippen LogP contribution in [0.3, 0.4) is 0 Å². The number of para-hydroxylation sites is 1. The first-order valence-electron chi connectivity index (χ1n) is 19.2. The molecule has 0 fully saturated rings. The van der Waals surface area contributed by atoms with E-state index in [0.29, 0.717) is 17.5 Å². The molecule has 0 amide bonds. The highest BCUT2D eigenvalue weighted by atomic mass is 16.5. The fraction of sp³-hybridized carbons (Fsp3) is 0.0385. The summed E-state index contributed by atoms with van der Waals surface area (Å²) < 4.78 is 6.80. The van der Waals surface area contributed by atoms with E-state index in [9.17, 15) is 0 Å². The molecule has 9 aromatic rings. The Labute approximate surface area is 331 Å². The lowest BCUT2D eigenvalue weighted by atomic mass is 9.65. The summed E-state index contributed by atoms with van der Waals surface area (Å²) in [5, 5.41) is 0. The molecular formula is C52H34N4O. The van der Waals surface area contributed by atoms with Gasteiger partial charge in [-0.25, -0.2) is 15.0 Å². The van der Waals surface area contributed by atoms with Crippen LogP contribution in [0.25, 0.3) is 67.7 Å². The third-order valence-electron chi connectivity index (χ3n) is 11.3. The molecule has 0 bridgehead atoms. The van der Waals surface area contributed by atoms with E-state index in [4.69, 9.17) is 24.7 Å². The lowest BCUT2D eigenvalue weighted by Gasteiger charge is -2.39. The number of pyridine rings is 1. The number of benzene rings is 7. The number of fused-ring (bicyclic) bond motifs is 9. The Kier molecular flexibility index (Phi) is 7.54. The zero-order valence-corrected chi connectivity index (χ0v) is 31.1. The van der Waals surface area contributed by atoms with E-state index < -0.39 is 5.41 Å². The minimum absolute atomic E-state index is 0.617. The fourth-order valence-electron chi connectivity index (χ4n) is 8.75. The van der Waals surface area contributed by atoms with Gasteiger partial charge in [-0.2, -0.15) is 0 Å². The van der Waals surface area contributed by atoms with Gasteiger partial charge in [-0.15, -0.1) is 0 Å². The van der Waals surface area contributed by atoms with Crippen LogP contribution >= 0.6 is 0 Å². The molecule has 1 spiro atoms. The Bertz CT molecular complexity index is 2940. The second-order valence-electron chi connectivity index (χ2n) is 14.7. The highest BCUT2D eigenvalue weighted by Crippen LogP contribution is 2.62. The molecule has 1 aliphatic heterocycles. The van der Waals surface area contributed by atoms with Crippen LogP contribution in [0.5, 0.6) is 11.5 Å². The van der Waals surface area contributed by atoms with E-state index in [-0.39, 0.29) is 0 Å². The molecule has 7 aromatic carbocycles. The van der Waals surface area contributed by atoms with Crippen LogP contribution in [0.2, 0.25) is 0 Å². The number of ether oxygens (including phenoxy) is 1. The topological polar surface area (TPSA) is 60.8 Å². The average molecular weight is 731 g/mol. The normalized spacial score (nSPS) is 14.6. The molecule has 1 atom stereocenters. The molecule has 5 nitrogen and oxygen atoms in total. The summed E-state index contributed by atoms with van der Waals surface area (Å²) in [6.07, 6.45) is 0. The Morgan fingerprint density at radius 1 is 0.351 bits per heavy atom. The Morgan fingerprint density at radius 3 is 1.58 bits per heavy atom. The van der Waals surface area contributed by atoms with E-state index >= 15 is 0 Å². The summed E-state index contributed by atoms with van der Waals surface area (Å²) in [5.41, 5.74) is 14.2. The van der Waals surface area contributed by atoms with E-state index in [1.807, 2.05) is 66.7 Å². The van der Waals surface area contributed by atoms with Crippen molar-refractivity contribution in [1.29, 1.82) is 0 Å². The summed E-state index contributed by atoms with van der Waals surface area (Å²) in [7, 11) is 0. The highest BCUT2D eigenvalue weighted by Gasteiger charge is 2.51. The molecule has 0 saturated heterocycles. The van der Waals surface area contributed by atoms with E-state index in [0.717, 1.165) is 73.0 Å². The van der Waals surface area contributed by atoms with Crippen LogP contribution in [-0.4, -0.2) is 19.9 Å². The Morgan fingerprint density at radius 2 is 0.877 bits per heavy atom. The maximum atomic E-state index is 6.80. The summed E-state index contributed by atoms with van der Waals surface area (Å²) >= 11 is 0. The first kappa shape index (κ1) is 32.9. The Balaban J connectivity index is 1.16. The van der Waals surface area contributed by atoms with Crippen LogP contribution in [0.15, 0.2) is 188 Å². The zero-order chi connectivity index (χ0) is 37.9. The van der Waals surface area contributed by atoms with Gasteiger partial charge in [0.2, 0.25) is 0 Å². The van der Waals surface area contributed by atoms with Crippen LogP contribution < -0.4 is 4.74 Å². The fourth-order valence-corrected chi connectivity index (χ4v) is 8.75. The van der Waals surface area contributed by atoms with Crippen molar-refractivity contribution in [3.05, 3.63) is 216 Å². The second kappa shape index (κ2) is 13.1. The monoisotopic (exact) mass is 730 g/mol. The summed E-state index contributed by atoms with van der Waals surface area (Å²) in [6.45, 7) is 2.06. The minimum atomic E-state index is -0.690. The molecule has 0 N–H and O–H groups in total. The van der Waals surface area contributed by atoms with E-state index in [1.54, 1.807) is 0 Å². The third kappa shape index (κ3) is 5.31. The molecule has 11 rings (SSSR count). The van der Waals surface area contributed by atoms with Crippen LogP contribution in [0.4, 0.5) is 0 Å². The van der Waals surface area contributed by atoms with Crippen molar-refractivity contribution >= 4 is 0 Å². The van der Waals surface area contributed by atoms with Gasteiger partial charge in [-0.3, -0.25) is 4.98 Å². The predicted octanol–water partition coefficient (Wildman–Crippen LogP) is 12.4. The van der Waals surface area contributed by atoms with E-state index in [2.05, 4.69) is 128 Å². The van der Waals surface area contributed by atoms with Crippen LogP contribution in [0.1, 0.15) is 27.9 Å². The first-order valence-corrected chi connectivity index (χ1v) is 19.2. The van der Waals surface area contributed by atoms with Crippen LogP contribution in [0, 0.1) is 6.92 Å². The lowest BCUT2D eigenvalue weighted by Crippen LogP contribution is -2.32. The zero-order valence-electron chi connectivity index (χ0n) is 31.1. The number of rotatable bonds is 5. The molecular weight excluding hydrogens is 697 g/mol. The number of nitrogens with zero attached hydrogens (tertiary/aromatic N) is 4. The summed E-state index contributed by atoms with van der Waals surface area (Å²) in [6, 6.07) is 65.6. The van der Waals surface area contributed by atoms with Crippen molar-refractivity contribution in [2.24, 2.45) is 0 Å². The van der Waals surface area contributed by atoms with Gasteiger partial charge in [-0.05, 0) is 76.7 Å². The van der Waals surface area contributed by atoms with Gasteiger partial charge >= 0.3 is 0 Å².